The zero-order valence-corrected chi connectivity index (χ0v) is 13.9. The Balaban J connectivity index is 2.25. The van der Waals surface area contributed by atoms with Crippen molar-refractivity contribution < 1.29 is 9.53 Å². The van der Waals surface area contributed by atoms with Gasteiger partial charge in [0.1, 0.15) is 9.88 Å². The van der Waals surface area contributed by atoms with Crippen LogP contribution in [0.25, 0.3) is 0 Å². The minimum absolute atomic E-state index is 0.336. The first-order chi connectivity index (χ1) is 9.62. The molecule has 2 heterocycles. The summed E-state index contributed by atoms with van der Waals surface area (Å²) in [5.74, 6) is 0.499. The van der Waals surface area contributed by atoms with Crippen LogP contribution in [0, 0.1) is 5.92 Å². The van der Waals surface area contributed by atoms with Crippen molar-refractivity contribution in [3.05, 3.63) is 4.88 Å². The second kappa shape index (κ2) is 6.72. The molecule has 112 valence electrons. The molecule has 0 spiro atoms. The van der Waals surface area contributed by atoms with Gasteiger partial charge in [-0.15, -0.1) is 23.1 Å². The van der Waals surface area contributed by atoms with Gasteiger partial charge in [0, 0.05) is 13.1 Å². The Morgan fingerprint density at radius 2 is 2.15 bits per heavy atom. The summed E-state index contributed by atoms with van der Waals surface area (Å²) < 4.78 is 4.82. The van der Waals surface area contributed by atoms with Crippen molar-refractivity contribution in [3.63, 3.8) is 0 Å². The summed E-state index contributed by atoms with van der Waals surface area (Å²) in [5.41, 5.74) is 6.68. The lowest BCUT2D eigenvalue weighted by atomic mass is 9.95. The van der Waals surface area contributed by atoms with Gasteiger partial charge in [-0.3, -0.25) is 0 Å². The van der Waals surface area contributed by atoms with Gasteiger partial charge >= 0.3 is 5.97 Å². The molecule has 1 saturated heterocycles. The largest absolute Gasteiger partial charge is 0.465 e. The molecule has 1 aromatic rings. The van der Waals surface area contributed by atoms with Crippen LogP contribution < -0.4 is 10.6 Å². The number of piperidine rings is 1. The van der Waals surface area contributed by atoms with Gasteiger partial charge in [-0.05, 0) is 25.0 Å². The van der Waals surface area contributed by atoms with Crippen LogP contribution in [0.4, 0.5) is 10.7 Å². The molecule has 0 saturated carbocycles. The molecule has 0 unspecified atom stereocenters. The predicted octanol–water partition coefficient (Wildman–Crippen LogP) is 3.47. The third-order valence-corrected chi connectivity index (χ3v) is 6.13. The van der Waals surface area contributed by atoms with E-state index in [9.17, 15) is 4.79 Å². The van der Waals surface area contributed by atoms with Crippen LogP contribution in [-0.4, -0.2) is 32.4 Å². The van der Waals surface area contributed by atoms with Crippen LogP contribution in [-0.2, 0) is 4.74 Å². The molecule has 0 amide bonds. The van der Waals surface area contributed by atoms with E-state index in [1.54, 1.807) is 11.8 Å². The van der Waals surface area contributed by atoms with Crippen LogP contribution in [0.5, 0.6) is 0 Å². The maximum Gasteiger partial charge on any atom is 0.350 e. The number of thioether (sulfide) groups is 1. The molecule has 1 aliphatic heterocycles. The van der Waals surface area contributed by atoms with Crippen LogP contribution >= 0.6 is 23.1 Å². The molecule has 0 bridgehead atoms. The third-order valence-electron chi connectivity index (χ3n) is 3.94. The summed E-state index contributed by atoms with van der Waals surface area (Å²) in [6, 6.07) is 0. The first-order valence-electron chi connectivity index (χ1n) is 6.91. The number of carbonyl (C=O) groups is 1. The van der Waals surface area contributed by atoms with Crippen molar-refractivity contribution in [2.75, 3.05) is 37.1 Å². The zero-order valence-electron chi connectivity index (χ0n) is 12.3. The molecule has 0 aliphatic carbocycles. The van der Waals surface area contributed by atoms with Crippen molar-refractivity contribution in [1.29, 1.82) is 0 Å². The van der Waals surface area contributed by atoms with Crippen molar-refractivity contribution in [1.82, 2.24) is 0 Å². The van der Waals surface area contributed by atoms with Gasteiger partial charge in [0.2, 0.25) is 0 Å². The number of hydrogen-bond acceptors (Lipinski definition) is 6. The normalized spacial score (nSPS) is 16.4. The molecule has 2 rings (SSSR count). The van der Waals surface area contributed by atoms with E-state index < -0.39 is 0 Å². The number of thiophene rings is 1. The van der Waals surface area contributed by atoms with Gasteiger partial charge in [-0.2, -0.15) is 0 Å². The molecular formula is C14H22N2O2S2. The molecule has 1 aliphatic rings. The third kappa shape index (κ3) is 2.91. The average molecular weight is 314 g/mol. The van der Waals surface area contributed by atoms with Crippen LogP contribution in [0.3, 0.4) is 0 Å². The van der Waals surface area contributed by atoms with Crippen molar-refractivity contribution >= 4 is 39.8 Å². The van der Waals surface area contributed by atoms with Crippen LogP contribution in [0.2, 0.25) is 0 Å². The molecule has 4 nitrogen and oxygen atoms in total. The molecule has 0 atom stereocenters. The lowest BCUT2D eigenvalue weighted by molar-refractivity contribution is 0.0607. The van der Waals surface area contributed by atoms with Crippen LogP contribution in [0.1, 0.15) is 35.9 Å². The zero-order chi connectivity index (χ0) is 14.7. The highest BCUT2D eigenvalue weighted by Gasteiger charge is 2.26. The number of carbonyl (C=O) groups excluding carboxylic acids is 1. The molecule has 0 radical (unpaired) electrons. The number of rotatable bonds is 4. The molecule has 0 aromatic carbocycles. The van der Waals surface area contributed by atoms with E-state index in [1.807, 2.05) is 6.26 Å². The van der Waals surface area contributed by atoms with E-state index in [0.717, 1.165) is 28.9 Å². The number of nitrogens with zero attached hydrogens (tertiary/aromatic N) is 1. The number of esters is 1. The van der Waals surface area contributed by atoms with E-state index >= 15 is 0 Å². The quantitative estimate of drug-likeness (QED) is 0.681. The first-order valence-corrected chi connectivity index (χ1v) is 8.95. The topological polar surface area (TPSA) is 55.6 Å². The fourth-order valence-electron chi connectivity index (χ4n) is 2.61. The Kier molecular flexibility index (Phi) is 5.21. The summed E-state index contributed by atoms with van der Waals surface area (Å²) in [7, 11) is 1.40. The molecule has 6 heteroatoms. The van der Waals surface area contributed by atoms with E-state index in [2.05, 4.69) is 11.8 Å². The maximum atomic E-state index is 11.8. The van der Waals surface area contributed by atoms with E-state index in [0.29, 0.717) is 10.6 Å². The molecular weight excluding hydrogens is 292 g/mol. The highest BCUT2D eigenvalue weighted by Crippen LogP contribution is 2.45. The monoisotopic (exact) mass is 314 g/mol. The minimum Gasteiger partial charge on any atom is -0.465 e. The highest BCUT2D eigenvalue weighted by atomic mass is 32.2. The molecule has 2 N–H and O–H groups in total. The smallest absolute Gasteiger partial charge is 0.350 e. The lowest BCUT2D eigenvalue weighted by Crippen LogP contribution is -2.33. The van der Waals surface area contributed by atoms with Gasteiger partial charge in [0.15, 0.2) is 0 Å². The van der Waals surface area contributed by atoms with Gasteiger partial charge < -0.3 is 15.4 Å². The molecule has 1 aromatic heterocycles. The Morgan fingerprint density at radius 3 is 2.65 bits per heavy atom. The van der Waals surface area contributed by atoms with Crippen molar-refractivity contribution in [2.24, 2.45) is 5.92 Å². The fraction of sp³-hybridized carbons (Fsp3) is 0.643. The summed E-state index contributed by atoms with van der Waals surface area (Å²) in [6.45, 7) is 4.35. The summed E-state index contributed by atoms with van der Waals surface area (Å²) >= 11 is 3.07. The highest BCUT2D eigenvalue weighted by molar-refractivity contribution is 7.99. The number of ether oxygens (including phenoxy) is 1. The van der Waals surface area contributed by atoms with E-state index in [4.69, 9.17) is 10.5 Å². The van der Waals surface area contributed by atoms with Gasteiger partial charge in [0.05, 0.1) is 17.7 Å². The van der Waals surface area contributed by atoms with Gasteiger partial charge in [-0.1, -0.05) is 13.3 Å². The number of methoxy groups -OCH3 is 1. The Morgan fingerprint density at radius 1 is 1.50 bits per heavy atom. The SMILES string of the molecule is CCC1CCN(c2sc(C(=O)OC)c(N)c2SC)CC1. The standard InChI is InChI=1S/C14H22N2O2S2/c1-4-9-5-7-16(8-6-9)13-11(19-3)10(15)12(20-13)14(17)18-2/h9H,4-8,15H2,1-3H3. The number of anilines is 2. The van der Waals surface area contributed by atoms with E-state index in [1.165, 1.54) is 37.7 Å². The number of nitrogen functional groups attached to an aromatic ring is 1. The molecule has 1 fully saturated rings. The first kappa shape index (κ1) is 15.5. The fourth-order valence-corrected chi connectivity index (χ4v) is 4.76. The molecule has 20 heavy (non-hydrogen) atoms. The minimum atomic E-state index is -0.336. The summed E-state index contributed by atoms with van der Waals surface area (Å²) in [5, 5.41) is 1.13. The van der Waals surface area contributed by atoms with E-state index in [-0.39, 0.29) is 5.97 Å². The van der Waals surface area contributed by atoms with Gasteiger partial charge in [0.25, 0.3) is 0 Å². The van der Waals surface area contributed by atoms with Gasteiger partial charge in [-0.25, -0.2) is 4.79 Å². The average Bonchev–Trinajstić information content (AvgIpc) is 2.83. The van der Waals surface area contributed by atoms with Crippen molar-refractivity contribution in [3.8, 4) is 0 Å². The Hall–Kier alpha value is -0.880. The van der Waals surface area contributed by atoms with Crippen molar-refractivity contribution in [2.45, 2.75) is 31.1 Å². The summed E-state index contributed by atoms with van der Waals surface area (Å²) in [4.78, 5) is 15.7. The van der Waals surface area contributed by atoms with Crippen LogP contribution in [0.15, 0.2) is 4.90 Å². The number of hydrogen-bond donors (Lipinski definition) is 1. The number of nitrogens with two attached hydrogens (primary N) is 1. The Bertz CT molecular complexity index is 480. The maximum absolute atomic E-state index is 11.8. The second-order valence-electron chi connectivity index (χ2n) is 5.01. The summed E-state index contributed by atoms with van der Waals surface area (Å²) in [6.07, 6.45) is 5.69. The Labute approximate surface area is 128 Å². The predicted molar refractivity (Wildman–Crippen MR) is 87.1 cm³/mol. The second-order valence-corrected chi connectivity index (χ2v) is 6.83. The lowest BCUT2D eigenvalue weighted by Gasteiger charge is -2.32.